The van der Waals surface area contributed by atoms with Gasteiger partial charge in [0, 0.05) is 17.0 Å². The van der Waals surface area contributed by atoms with Crippen molar-refractivity contribution >= 4 is 21.4 Å². The first kappa shape index (κ1) is 18.8. The van der Waals surface area contributed by atoms with Crippen LogP contribution in [0.1, 0.15) is 27.3 Å². The molecule has 3 rings (SSSR count). The molecule has 6 heteroatoms. The van der Waals surface area contributed by atoms with E-state index in [-0.39, 0.29) is 6.54 Å². The van der Waals surface area contributed by atoms with Gasteiger partial charge in [-0.15, -0.1) is 11.3 Å². The van der Waals surface area contributed by atoms with Crippen molar-refractivity contribution in [2.24, 2.45) is 0 Å². The van der Waals surface area contributed by atoms with E-state index < -0.39 is 10.0 Å². The van der Waals surface area contributed by atoms with E-state index in [0.717, 1.165) is 37.8 Å². The predicted molar refractivity (Wildman–Crippen MR) is 107 cm³/mol. The van der Waals surface area contributed by atoms with Gasteiger partial charge < -0.3 is 0 Å². The summed E-state index contributed by atoms with van der Waals surface area (Å²) in [5.41, 5.74) is 4.71. The first-order valence-electron chi connectivity index (χ1n) is 8.37. The molecule has 0 amide bonds. The van der Waals surface area contributed by atoms with E-state index in [1.807, 2.05) is 64.1 Å². The zero-order chi connectivity index (χ0) is 18.9. The number of benzene rings is 2. The third-order valence-electron chi connectivity index (χ3n) is 4.42. The highest BCUT2D eigenvalue weighted by Gasteiger charge is 2.19. The molecular weight excluding hydrogens is 364 g/mol. The van der Waals surface area contributed by atoms with Crippen molar-refractivity contribution < 1.29 is 8.42 Å². The Balaban J connectivity index is 1.83. The third kappa shape index (κ3) is 3.87. The fourth-order valence-electron chi connectivity index (χ4n) is 2.76. The summed E-state index contributed by atoms with van der Waals surface area (Å²) in [5, 5.41) is 0.902. The predicted octanol–water partition coefficient (Wildman–Crippen LogP) is 4.52. The zero-order valence-electron chi connectivity index (χ0n) is 15.3. The highest BCUT2D eigenvalue weighted by Crippen LogP contribution is 2.28. The third-order valence-corrected chi connectivity index (χ3v) is 7.17. The van der Waals surface area contributed by atoms with Crippen molar-refractivity contribution in [2.75, 3.05) is 0 Å². The minimum absolute atomic E-state index is 0.241. The molecule has 1 N–H and O–H groups in total. The molecule has 0 aliphatic heterocycles. The highest BCUT2D eigenvalue weighted by atomic mass is 32.2. The maximum absolute atomic E-state index is 12.8. The summed E-state index contributed by atoms with van der Waals surface area (Å²) in [4.78, 5) is 5.85. The zero-order valence-corrected chi connectivity index (χ0v) is 17.0. The summed E-state index contributed by atoms with van der Waals surface area (Å²) in [6.07, 6.45) is 0. The molecule has 4 nitrogen and oxygen atoms in total. The van der Waals surface area contributed by atoms with E-state index in [0.29, 0.717) is 4.90 Å². The lowest BCUT2D eigenvalue weighted by molar-refractivity contribution is 0.581. The van der Waals surface area contributed by atoms with Gasteiger partial charge in [-0.2, -0.15) is 0 Å². The first-order chi connectivity index (χ1) is 12.3. The van der Waals surface area contributed by atoms with E-state index in [1.165, 1.54) is 11.3 Å². The van der Waals surface area contributed by atoms with Crippen LogP contribution < -0.4 is 4.72 Å². The lowest BCUT2D eigenvalue weighted by Gasteiger charge is -2.11. The lowest BCUT2D eigenvalue weighted by Crippen LogP contribution is -2.24. The number of rotatable bonds is 5. The van der Waals surface area contributed by atoms with Gasteiger partial charge in [-0.3, -0.25) is 0 Å². The summed E-state index contributed by atoms with van der Waals surface area (Å²) in [5.74, 6) is 0. The van der Waals surface area contributed by atoms with Crippen LogP contribution in [-0.4, -0.2) is 13.4 Å². The molecule has 0 aliphatic carbocycles. The molecule has 0 atom stereocenters. The van der Waals surface area contributed by atoms with Gasteiger partial charge in [-0.05, 0) is 50.5 Å². The molecule has 136 valence electrons. The van der Waals surface area contributed by atoms with Crippen molar-refractivity contribution in [3.8, 4) is 10.6 Å². The number of hydrogen-bond donors (Lipinski definition) is 1. The van der Waals surface area contributed by atoms with Crippen molar-refractivity contribution in [1.29, 1.82) is 0 Å². The molecule has 2 aromatic carbocycles. The fraction of sp³-hybridized carbons (Fsp3) is 0.250. The van der Waals surface area contributed by atoms with Crippen LogP contribution >= 0.6 is 11.3 Å². The van der Waals surface area contributed by atoms with Gasteiger partial charge in [0.15, 0.2) is 0 Å². The second-order valence-electron chi connectivity index (χ2n) is 6.42. The van der Waals surface area contributed by atoms with E-state index in [2.05, 4.69) is 9.71 Å². The average Bonchev–Trinajstić information content (AvgIpc) is 2.98. The smallest absolute Gasteiger partial charge is 0.241 e. The topological polar surface area (TPSA) is 59.1 Å². The Hall–Kier alpha value is -2.02. The summed E-state index contributed by atoms with van der Waals surface area (Å²) >= 11 is 1.52. The van der Waals surface area contributed by atoms with Crippen LogP contribution in [-0.2, 0) is 16.6 Å². The van der Waals surface area contributed by atoms with E-state index >= 15 is 0 Å². The number of aryl methyl sites for hydroxylation is 4. The fourth-order valence-corrected chi connectivity index (χ4v) is 5.16. The maximum atomic E-state index is 12.8. The van der Waals surface area contributed by atoms with Gasteiger partial charge in [-0.1, -0.05) is 36.4 Å². The largest absolute Gasteiger partial charge is 0.241 e. The Bertz CT molecular complexity index is 1040. The molecular formula is C20H22N2O2S2. The molecule has 26 heavy (non-hydrogen) atoms. The van der Waals surface area contributed by atoms with Crippen LogP contribution in [0.2, 0.25) is 0 Å². The quantitative estimate of drug-likeness (QED) is 0.701. The van der Waals surface area contributed by atoms with Crippen molar-refractivity contribution in [2.45, 2.75) is 39.1 Å². The molecule has 0 saturated carbocycles. The molecule has 1 aromatic heterocycles. The van der Waals surface area contributed by atoms with Gasteiger partial charge in [0.2, 0.25) is 10.0 Å². The van der Waals surface area contributed by atoms with E-state index in [4.69, 9.17) is 0 Å². The molecule has 0 fully saturated rings. The monoisotopic (exact) mass is 386 g/mol. The Morgan fingerprint density at radius 2 is 1.62 bits per heavy atom. The van der Waals surface area contributed by atoms with Crippen LogP contribution in [0, 0.1) is 27.7 Å². The van der Waals surface area contributed by atoms with Crippen LogP contribution in [0.25, 0.3) is 10.6 Å². The van der Waals surface area contributed by atoms with Crippen LogP contribution in [0.4, 0.5) is 0 Å². The number of aromatic nitrogens is 1. The first-order valence-corrected chi connectivity index (χ1v) is 10.7. The van der Waals surface area contributed by atoms with Crippen molar-refractivity contribution in [3.05, 3.63) is 69.7 Å². The summed E-state index contributed by atoms with van der Waals surface area (Å²) in [6, 6.07) is 13.6. The average molecular weight is 387 g/mol. The Kier molecular flexibility index (Phi) is 5.27. The minimum Gasteiger partial charge on any atom is -0.241 e. The number of thiazole rings is 1. The van der Waals surface area contributed by atoms with Gasteiger partial charge >= 0.3 is 0 Å². The molecule has 1 heterocycles. The molecule has 0 radical (unpaired) electrons. The minimum atomic E-state index is -3.57. The number of sulfonamides is 1. The lowest BCUT2D eigenvalue weighted by atomic mass is 10.1. The van der Waals surface area contributed by atoms with Gasteiger partial charge in [-0.25, -0.2) is 18.1 Å². The second-order valence-corrected chi connectivity index (χ2v) is 9.24. The molecule has 0 bridgehead atoms. The molecule has 0 unspecified atom stereocenters. The Morgan fingerprint density at radius 1 is 0.962 bits per heavy atom. The van der Waals surface area contributed by atoms with Crippen LogP contribution in [0.15, 0.2) is 47.4 Å². The summed E-state index contributed by atoms with van der Waals surface area (Å²) < 4.78 is 28.2. The SMILES string of the molecule is Cc1cc(C)c(S(=O)(=O)NCc2sc(-c3ccccc3)nc2C)cc1C. The van der Waals surface area contributed by atoms with Gasteiger partial charge in [0.25, 0.3) is 0 Å². The standard InChI is InChI=1S/C20H22N2O2S2/c1-13-10-15(3)19(11-14(13)2)26(23,24)21-12-18-16(4)22-20(25-18)17-8-6-5-7-9-17/h5-11,21H,12H2,1-4H3. The summed E-state index contributed by atoms with van der Waals surface area (Å²) in [6.45, 7) is 7.89. The Labute approximate surface area is 159 Å². The van der Waals surface area contributed by atoms with Crippen LogP contribution in [0.5, 0.6) is 0 Å². The van der Waals surface area contributed by atoms with E-state index in [1.54, 1.807) is 6.07 Å². The maximum Gasteiger partial charge on any atom is 0.241 e. The van der Waals surface area contributed by atoms with Crippen molar-refractivity contribution in [3.63, 3.8) is 0 Å². The highest BCUT2D eigenvalue weighted by molar-refractivity contribution is 7.89. The number of hydrogen-bond acceptors (Lipinski definition) is 4. The normalized spacial score (nSPS) is 11.7. The van der Waals surface area contributed by atoms with Crippen LogP contribution in [0.3, 0.4) is 0 Å². The Morgan fingerprint density at radius 3 is 2.31 bits per heavy atom. The van der Waals surface area contributed by atoms with Crippen molar-refractivity contribution in [1.82, 2.24) is 9.71 Å². The molecule has 0 aliphatic rings. The number of nitrogens with one attached hydrogen (secondary N) is 1. The van der Waals surface area contributed by atoms with Gasteiger partial charge in [0.1, 0.15) is 5.01 Å². The number of nitrogens with zero attached hydrogens (tertiary/aromatic N) is 1. The van der Waals surface area contributed by atoms with Gasteiger partial charge in [0.05, 0.1) is 10.6 Å². The molecule has 3 aromatic rings. The summed E-state index contributed by atoms with van der Waals surface area (Å²) in [7, 11) is -3.57. The second kappa shape index (κ2) is 7.31. The molecule has 0 spiro atoms. The van der Waals surface area contributed by atoms with E-state index in [9.17, 15) is 8.42 Å². The molecule has 0 saturated heterocycles.